The van der Waals surface area contributed by atoms with Crippen molar-refractivity contribution in [3.8, 4) is 89.0 Å². The molecule has 0 atom stereocenters. The highest BCUT2D eigenvalue weighted by Crippen LogP contribution is 2.58. The summed E-state index contributed by atoms with van der Waals surface area (Å²) in [6.07, 6.45) is 17.9. The number of amides is 1. The predicted octanol–water partition coefficient (Wildman–Crippen LogP) is 21.4. The standard InChI is InChI=1S/C26H23N3O2.C25H24N4O2.C22H24N4O.C21H21N5O/c1-13-23(14(2)31-29-13)17-10-18(24-21(11-17)27-25(28-24)15-3-4-15)16-5-6-20-19(9-16)22(30)12-26(20)7-8-26;1-13-23(14(2)31-28-13)16-11-19(24-20(12-16)26-25(27-24)15-7-8-15)17-5-4-6-21-18(17)9-10-22(30)29(21)3;1-11-10-23-12(2)19(11)17-8-16(20-13(3)25-27-14(20)4)9-18-21(17)26(5)22(24-18)15-6-7-15;1-10-17(9-22-13(4)23-10)16-7-15(19-11(2)26-27-12(19)3)8-18-20(16)25-21(24-18)14-5-6-14/h5-6,9-11,15H,3-4,7-8,12H2,1-2H3,(H,27,28);4-6,11-12,15H,7-10H2,1-3H3,(H,26,27);8-10,15,23H,6-7H2,1-5H3;7-9,14H,5-6H2,1-4H3,(H,24,25). The number of carbonyl (C=O) groups is 2. The SMILES string of the molecule is Cc1c[nH]c(C)c1-c1cc(-c2c(C)noc2C)cc2nc(C3CC3)n(C)c12.Cc1ncc(-c2cc(-c3c(C)noc3C)cc3[nH]c(C4CC4)nc23)c(C)n1.Cc1noc(C)c1-c1cc(-c2ccc3c(c2)C(=O)CC32CC2)c2nc(C3CC3)[nH]c2c1.Cc1noc(C)c1-c1cc(-c2cccc3c2CCC(=O)N3C)c2nc(C3CC3)[nH]c2c1. The van der Waals surface area contributed by atoms with E-state index in [0.29, 0.717) is 36.5 Å². The summed E-state index contributed by atoms with van der Waals surface area (Å²) in [6, 6.07) is 30.2. The number of anilines is 1. The number of fused-ring (bicyclic) bond motifs is 7. The first-order valence-electron chi connectivity index (χ1n) is 40.9. The molecule has 11 heterocycles. The fourth-order valence-corrected chi connectivity index (χ4v) is 18.5. The van der Waals surface area contributed by atoms with Crippen molar-refractivity contribution >= 4 is 61.5 Å². The summed E-state index contributed by atoms with van der Waals surface area (Å²) in [5.74, 6) is 11.2. The van der Waals surface area contributed by atoms with Crippen molar-refractivity contribution in [3.63, 3.8) is 0 Å². The Bertz CT molecular complexity index is 6650. The summed E-state index contributed by atoms with van der Waals surface area (Å²) in [4.78, 5) is 69.9. The summed E-state index contributed by atoms with van der Waals surface area (Å²) in [6.45, 7) is 24.0. The topological polar surface area (TPSA) is 287 Å². The number of aryl methyl sites for hydroxylation is 13. The number of nitrogens with one attached hydrogen (secondary N) is 4. The Labute approximate surface area is 670 Å². The molecule has 0 bridgehead atoms. The van der Waals surface area contributed by atoms with Crippen molar-refractivity contribution in [2.75, 3.05) is 11.9 Å². The third-order valence-electron chi connectivity index (χ3n) is 25.2. The van der Waals surface area contributed by atoms with Crippen LogP contribution in [0.1, 0.15) is 214 Å². The van der Waals surface area contributed by atoms with Crippen molar-refractivity contribution in [1.82, 2.24) is 75.0 Å². The zero-order valence-corrected chi connectivity index (χ0v) is 68.1. The van der Waals surface area contributed by atoms with Gasteiger partial charge in [-0.05, 0) is 264 Å². The first-order chi connectivity index (χ1) is 56.0. The lowest BCUT2D eigenvalue weighted by Crippen LogP contribution is -2.31. The number of benzene rings is 6. The van der Waals surface area contributed by atoms with Gasteiger partial charge in [0.1, 0.15) is 52.2 Å². The molecular weight excluding hydrogens is 1450 g/mol. The number of aromatic amines is 4. The van der Waals surface area contributed by atoms with Crippen molar-refractivity contribution in [2.45, 2.75) is 196 Å². The number of H-pyrrole nitrogens is 4. The Morgan fingerprint density at radius 2 is 0.922 bits per heavy atom. The quantitative estimate of drug-likeness (QED) is 0.0884. The molecule has 584 valence electrons. The van der Waals surface area contributed by atoms with E-state index in [9.17, 15) is 9.59 Å². The molecule has 23 rings (SSSR count). The molecule has 6 aromatic carbocycles. The molecule has 116 heavy (non-hydrogen) atoms. The largest absolute Gasteiger partial charge is 0.364 e. The van der Waals surface area contributed by atoms with Gasteiger partial charge in [-0.3, -0.25) is 9.59 Å². The van der Waals surface area contributed by atoms with E-state index in [-0.39, 0.29) is 17.1 Å². The number of hydrogen-bond donors (Lipinski definition) is 4. The van der Waals surface area contributed by atoms with E-state index >= 15 is 0 Å². The molecule has 6 aliphatic carbocycles. The van der Waals surface area contributed by atoms with E-state index in [1.165, 1.54) is 96.2 Å². The molecule has 0 radical (unpaired) electrons. The minimum Gasteiger partial charge on any atom is -0.364 e. The van der Waals surface area contributed by atoms with Gasteiger partial charge in [0.25, 0.3) is 0 Å². The van der Waals surface area contributed by atoms with Crippen LogP contribution in [-0.2, 0) is 23.7 Å². The Morgan fingerprint density at radius 1 is 0.448 bits per heavy atom. The van der Waals surface area contributed by atoms with Crippen LogP contribution < -0.4 is 4.90 Å². The predicted molar refractivity (Wildman–Crippen MR) is 449 cm³/mol. The van der Waals surface area contributed by atoms with E-state index in [2.05, 4.69) is 155 Å². The second-order valence-corrected chi connectivity index (χ2v) is 33.7. The van der Waals surface area contributed by atoms with Gasteiger partial charge in [-0.2, -0.15) is 0 Å². The third kappa shape index (κ3) is 12.6. The molecule has 1 aliphatic heterocycles. The van der Waals surface area contributed by atoms with Crippen LogP contribution in [0.25, 0.3) is 133 Å². The lowest BCUT2D eigenvalue weighted by atomic mass is 9.89. The van der Waals surface area contributed by atoms with Crippen molar-refractivity contribution in [1.29, 1.82) is 0 Å². The second kappa shape index (κ2) is 27.4. The van der Waals surface area contributed by atoms with E-state index in [1.807, 2.05) is 94.6 Å². The van der Waals surface area contributed by atoms with Crippen molar-refractivity contribution in [3.05, 3.63) is 206 Å². The molecule has 1 spiro atoms. The molecule has 7 aliphatic rings. The molecule has 22 nitrogen and oxygen atoms in total. The Balaban J connectivity index is 0.0000001000. The zero-order valence-electron chi connectivity index (χ0n) is 68.1. The maximum absolute atomic E-state index is 12.8. The summed E-state index contributed by atoms with van der Waals surface area (Å²) < 4.78 is 24.0. The Kier molecular flexibility index (Phi) is 17.1. The maximum Gasteiger partial charge on any atom is 0.227 e. The molecule has 10 aromatic heterocycles. The first kappa shape index (κ1) is 72.5. The fourth-order valence-electron chi connectivity index (χ4n) is 18.5. The van der Waals surface area contributed by atoms with Crippen LogP contribution in [0.4, 0.5) is 5.69 Å². The van der Waals surface area contributed by atoms with Crippen LogP contribution in [0.3, 0.4) is 0 Å². The van der Waals surface area contributed by atoms with E-state index in [0.717, 1.165) is 222 Å². The maximum atomic E-state index is 12.8. The van der Waals surface area contributed by atoms with Crippen molar-refractivity contribution in [2.24, 2.45) is 7.05 Å². The lowest BCUT2D eigenvalue weighted by Gasteiger charge is -2.27. The Hall–Kier alpha value is -12.5. The summed E-state index contributed by atoms with van der Waals surface area (Å²) in [5.41, 5.74) is 37.1. The van der Waals surface area contributed by atoms with Crippen LogP contribution in [-0.4, -0.2) is 93.8 Å². The summed E-state index contributed by atoms with van der Waals surface area (Å²) in [5, 5.41) is 16.6. The first-order valence-corrected chi connectivity index (χ1v) is 40.9. The molecule has 5 saturated carbocycles. The van der Waals surface area contributed by atoms with Gasteiger partial charge in [-0.25, -0.2) is 29.9 Å². The highest BCUT2D eigenvalue weighted by molar-refractivity contribution is 6.07. The Morgan fingerprint density at radius 3 is 1.39 bits per heavy atom. The second-order valence-electron chi connectivity index (χ2n) is 33.7. The molecule has 22 heteroatoms. The highest BCUT2D eigenvalue weighted by atomic mass is 16.5. The molecule has 0 saturated heterocycles. The molecule has 0 unspecified atom stereocenters. The molecule has 1 amide bonds. The number of hydrogen-bond acceptors (Lipinski definition) is 16. The number of ketones is 1. The third-order valence-corrected chi connectivity index (χ3v) is 25.2. The van der Waals surface area contributed by atoms with Crippen LogP contribution >= 0.6 is 0 Å². The van der Waals surface area contributed by atoms with Gasteiger partial charge >= 0.3 is 0 Å². The normalized spacial score (nSPS) is 16.0. The van der Waals surface area contributed by atoms with Gasteiger partial charge in [0.2, 0.25) is 5.91 Å². The number of carbonyl (C=O) groups excluding carboxylic acids is 2. The molecule has 4 N–H and O–H groups in total. The van der Waals surface area contributed by atoms with Gasteiger partial charge < -0.3 is 47.5 Å². The molecule has 16 aromatic rings. The number of Topliss-reactive ketones (excluding diaryl/α,β-unsaturated/α-hetero) is 1. The van der Waals surface area contributed by atoms with E-state index in [4.69, 9.17) is 38.0 Å². The van der Waals surface area contributed by atoms with Crippen LogP contribution in [0.15, 0.2) is 115 Å². The van der Waals surface area contributed by atoms with Gasteiger partial charge in [-0.1, -0.05) is 44.9 Å². The van der Waals surface area contributed by atoms with Gasteiger partial charge in [0.15, 0.2) is 5.78 Å². The summed E-state index contributed by atoms with van der Waals surface area (Å²) >= 11 is 0. The summed E-state index contributed by atoms with van der Waals surface area (Å²) in [7, 11) is 4.01. The monoisotopic (exact) mass is 1540 g/mol. The van der Waals surface area contributed by atoms with Gasteiger partial charge in [0.05, 0.1) is 66.9 Å². The highest BCUT2D eigenvalue weighted by Gasteiger charge is 2.52. The number of rotatable bonds is 12. The minimum atomic E-state index is 0.143. The van der Waals surface area contributed by atoms with Crippen LogP contribution in [0.5, 0.6) is 0 Å². The minimum absolute atomic E-state index is 0.143. The van der Waals surface area contributed by atoms with Crippen LogP contribution in [0, 0.1) is 83.1 Å². The van der Waals surface area contributed by atoms with Gasteiger partial charge in [0, 0.05) is 147 Å². The average molecular weight is 1540 g/mol. The van der Waals surface area contributed by atoms with Crippen LogP contribution in [0.2, 0.25) is 0 Å². The smallest absolute Gasteiger partial charge is 0.227 e. The zero-order chi connectivity index (χ0) is 79.8. The average Bonchev–Trinajstić information content (AvgIpc) is 1.57. The number of aromatic nitrogens is 15. The van der Waals surface area contributed by atoms with E-state index < -0.39 is 0 Å². The lowest BCUT2D eigenvalue weighted by molar-refractivity contribution is -0.118. The molecule has 5 fully saturated rings. The van der Waals surface area contributed by atoms with Gasteiger partial charge in [-0.15, -0.1) is 0 Å². The number of nitrogens with zero attached hydrogens (tertiary/aromatic N) is 12. The molecular formula is C94H92N16O6. The van der Waals surface area contributed by atoms with Crippen molar-refractivity contribution < 1.29 is 27.7 Å². The number of imidazole rings is 4. The fraction of sp³-hybridized carbons (Fsp3) is 0.340. The van der Waals surface area contributed by atoms with E-state index in [1.54, 1.807) is 4.90 Å².